The van der Waals surface area contributed by atoms with Crippen LogP contribution in [0.3, 0.4) is 0 Å². The lowest BCUT2D eigenvalue weighted by molar-refractivity contribution is -0.914. The third kappa shape index (κ3) is 3.57. The molecule has 0 radical (unpaired) electrons. The monoisotopic (exact) mass is 320 g/mol. The summed E-state index contributed by atoms with van der Waals surface area (Å²) in [6.07, 6.45) is 6.82. The van der Waals surface area contributed by atoms with E-state index < -0.39 is 0 Å². The summed E-state index contributed by atoms with van der Waals surface area (Å²) in [5.74, 6) is 0.488. The normalized spacial score (nSPS) is 17.3. The van der Waals surface area contributed by atoms with Crippen LogP contribution in [0.5, 0.6) is 0 Å². The predicted molar refractivity (Wildman–Crippen MR) is 89.0 cm³/mol. The van der Waals surface area contributed by atoms with E-state index in [1.165, 1.54) is 32.4 Å². The lowest BCUT2D eigenvalue weighted by Gasteiger charge is -2.37. The highest BCUT2D eigenvalue weighted by Crippen LogP contribution is 2.28. The van der Waals surface area contributed by atoms with Crippen LogP contribution in [-0.2, 0) is 0 Å². The van der Waals surface area contributed by atoms with Gasteiger partial charge in [0.2, 0.25) is 0 Å². The Bertz CT molecular complexity index is 649. The second-order valence-corrected chi connectivity index (χ2v) is 6.65. The fraction of sp³-hybridized carbons (Fsp3) is 0.562. The third-order valence-electron chi connectivity index (χ3n) is 4.78. The molecule has 0 aliphatic carbocycles. The maximum absolute atomic E-state index is 9.49. The van der Waals surface area contributed by atoms with Gasteiger partial charge in [-0.1, -0.05) is 6.07 Å². The number of anilines is 2. The molecule has 23 heavy (non-hydrogen) atoms. The van der Waals surface area contributed by atoms with Crippen LogP contribution in [0.4, 0.5) is 11.5 Å². The summed E-state index contributed by atoms with van der Waals surface area (Å²) in [4.78, 5) is 0. The van der Waals surface area contributed by atoms with E-state index in [4.69, 9.17) is 0 Å². The number of pyridine rings is 1. The van der Waals surface area contributed by atoms with Crippen LogP contribution in [0.15, 0.2) is 24.4 Å². The van der Waals surface area contributed by atoms with Gasteiger partial charge in [-0.3, -0.25) is 10.4 Å². The number of rotatable bonds is 6. The number of aromatic nitrogens is 2. The predicted octanol–water partition coefficient (Wildman–Crippen LogP) is 2.35. The van der Waals surface area contributed by atoms with Crippen molar-refractivity contribution in [3.8, 4) is 0 Å². The average Bonchev–Trinajstić information content (AvgIpc) is 2.90. The zero-order valence-corrected chi connectivity index (χ0v) is 13.6. The molecule has 7 heteroatoms. The molecule has 0 spiro atoms. The number of fused-ring (bicyclic) bond motifs is 1. The van der Waals surface area contributed by atoms with Crippen LogP contribution in [0.25, 0.3) is 5.52 Å². The van der Waals surface area contributed by atoms with Gasteiger partial charge in [0.25, 0.3) is 0 Å². The molecule has 0 saturated carbocycles. The summed E-state index contributed by atoms with van der Waals surface area (Å²) in [6.45, 7) is 4.43. The lowest BCUT2D eigenvalue weighted by Crippen LogP contribution is -2.48. The van der Waals surface area contributed by atoms with E-state index in [9.17, 15) is 10.4 Å². The molecule has 1 saturated heterocycles. The van der Waals surface area contributed by atoms with E-state index in [0.29, 0.717) is 11.3 Å². The minimum Gasteiger partial charge on any atom is -0.366 e. The second-order valence-electron chi connectivity index (χ2n) is 6.65. The van der Waals surface area contributed by atoms with Gasteiger partial charge in [0.05, 0.1) is 32.2 Å². The van der Waals surface area contributed by atoms with E-state index in [0.717, 1.165) is 24.0 Å². The summed E-state index contributed by atoms with van der Waals surface area (Å²) in [6, 6.07) is 5.50. The number of hydrogen-bond donors (Lipinski definition) is 3. The Kier molecular flexibility index (Phi) is 4.70. The summed E-state index contributed by atoms with van der Waals surface area (Å²) in [5, 5.41) is 26.7. The van der Waals surface area contributed by atoms with Crippen molar-refractivity contribution < 1.29 is 14.9 Å². The van der Waals surface area contributed by atoms with Crippen LogP contribution >= 0.6 is 0 Å². The van der Waals surface area contributed by atoms with Crippen LogP contribution < -0.4 is 10.5 Å². The summed E-state index contributed by atoms with van der Waals surface area (Å²) in [5.41, 5.74) is 0.930. The highest BCUT2D eigenvalue weighted by atomic mass is 16.8. The third-order valence-corrected chi connectivity index (χ3v) is 4.78. The van der Waals surface area contributed by atoms with Crippen molar-refractivity contribution >= 4 is 17.0 Å². The molecular weight excluding hydrogens is 294 g/mol. The summed E-state index contributed by atoms with van der Waals surface area (Å²) >= 11 is 0. The number of quaternary nitrogens is 1. The molecule has 3 heterocycles. The minimum atomic E-state index is 0.142. The first-order chi connectivity index (χ1) is 11.1. The number of likely N-dealkylation sites (tertiary alicyclic amines) is 1. The molecule has 3 rings (SSSR count). The zero-order valence-electron chi connectivity index (χ0n) is 13.6. The van der Waals surface area contributed by atoms with Gasteiger partial charge >= 0.3 is 0 Å². The molecule has 1 aliphatic rings. The van der Waals surface area contributed by atoms with Crippen molar-refractivity contribution in [1.29, 1.82) is 0 Å². The molecule has 1 aliphatic heterocycles. The lowest BCUT2D eigenvalue weighted by atomic mass is 10.1. The molecule has 2 aromatic heterocycles. The Morgan fingerprint density at radius 2 is 2.04 bits per heavy atom. The Labute approximate surface area is 136 Å². The van der Waals surface area contributed by atoms with Gasteiger partial charge in [-0.05, 0) is 31.4 Å². The van der Waals surface area contributed by atoms with Crippen LogP contribution in [0, 0.1) is 0 Å². The minimum absolute atomic E-state index is 0.142. The summed E-state index contributed by atoms with van der Waals surface area (Å²) < 4.78 is 2.78. The van der Waals surface area contributed by atoms with Crippen LogP contribution in [-0.4, -0.2) is 57.7 Å². The number of piperidine rings is 1. The molecule has 1 fully saturated rings. The van der Waals surface area contributed by atoms with Gasteiger partial charge in [0.15, 0.2) is 11.5 Å². The molecule has 0 aromatic carbocycles. The first-order valence-corrected chi connectivity index (χ1v) is 8.32. The Morgan fingerprint density at radius 3 is 2.78 bits per heavy atom. The highest BCUT2D eigenvalue weighted by molar-refractivity contribution is 5.82. The van der Waals surface area contributed by atoms with Gasteiger partial charge in [0, 0.05) is 19.2 Å². The average molecular weight is 320 g/mol. The first kappa shape index (κ1) is 16.0. The SMILES string of the molecule is C[N+]1(CCCNc2nn3ccccc3c2N(O)O)CCCCC1. The fourth-order valence-electron chi connectivity index (χ4n) is 3.47. The zero-order chi connectivity index (χ0) is 16.3. The van der Waals surface area contributed by atoms with E-state index in [1.54, 1.807) is 16.8 Å². The van der Waals surface area contributed by atoms with E-state index in [2.05, 4.69) is 17.5 Å². The maximum atomic E-state index is 9.49. The van der Waals surface area contributed by atoms with Crippen molar-refractivity contribution in [3.63, 3.8) is 0 Å². The van der Waals surface area contributed by atoms with Gasteiger partial charge < -0.3 is 9.80 Å². The number of hydrogen-bond acceptors (Lipinski definition) is 5. The maximum Gasteiger partial charge on any atom is 0.177 e. The molecule has 2 aromatic rings. The molecule has 0 unspecified atom stereocenters. The molecule has 7 nitrogen and oxygen atoms in total. The molecule has 0 atom stereocenters. The first-order valence-electron chi connectivity index (χ1n) is 8.32. The Morgan fingerprint density at radius 1 is 1.26 bits per heavy atom. The second kappa shape index (κ2) is 6.74. The van der Waals surface area contributed by atoms with E-state index in [-0.39, 0.29) is 10.9 Å². The van der Waals surface area contributed by atoms with Crippen molar-refractivity contribution in [2.75, 3.05) is 43.8 Å². The quantitative estimate of drug-likeness (QED) is 0.433. The van der Waals surface area contributed by atoms with Gasteiger partial charge in [-0.25, -0.2) is 4.52 Å². The van der Waals surface area contributed by atoms with Crippen molar-refractivity contribution in [3.05, 3.63) is 24.4 Å². The molecule has 126 valence electrons. The van der Waals surface area contributed by atoms with Gasteiger partial charge in [-0.15, -0.1) is 10.3 Å². The smallest absolute Gasteiger partial charge is 0.177 e. The molecule has 3 N–H and O–H groups in total. The summed E-state index contributed by atoms with van der Waals surface area (Å²) in [7, 11) is 2.33. The largest absolute Gasteiger partial charge is 0.366 e. The molecule has 0 bridgehead atoms. The van der Waals surface area contributed by atoms with Crippen molar-refractivity contribution in [2.45, 2.75) is 25.7 Å². The van der Waals surface area contributed by atoms with E-state index >= 15 is 0 Å². The van der Waals surface area contributed by atoms with Crippen LogP contribution in [0.2, 0.25) is 0 Å². The molecule has 0 amide bonds. The molecular formula is C16H26N5O2+. The fourth-order valence-corrected chi connectivity index (χ4v) is 3.47. The number of nitrogens with zero attached hydrogens (tertiary/aromatic N) is 4. The van der Waals surface area contributed by atoms with Gasteiger partial charge in [-0.2, -0.15) is 0 Å². The van der Waals surface area contributed by atoms with Gasteiger partial charge in [0.1, 0.15) is 0 Å². The Hall–Kier alpha value is -1.83. The van der Waals surface area contributed by atoms with E-state index in [1.807, 2.05) is 12.1 Å². The number of nitrogens with one attached hydrogen (secondary N) is 1. The standard InChI is InChI=1S/C16H26N5O2/c1-21(11-5-2-6-12-21)13-7-9-17-16-15(20(22)23)14-8-3-4-10-19(14)18-16/h3-4,8,10,22-23H,2,5-7,9,11-13H2,1H3,(H,17,18)/q+1. The topological polar surface area (TPSA) is 73.0 Å². The van der Waals surface area contributed by atoms with Crippen molar-refractivity contribution in [1.82, 2.24) is 9.61 Å². The van der Waals surface area contributed by atoms with Crippen LogP contribution in [0.1, 0.15) is 25.7 Å². The van der Waals surface area contributed by atoms with Crippen molar-refractivity contribution in [2.24, 2.45) is 0 Å². The Balaban J connectivity index is 1.62. The highest BCUT2D eigenvalue weighted by Gasteiger charge is 2.24.